The molecule has 2 aromatic rings. The monoisotopic (exact) mass is 406 g/mol. The number of hydrogen-bond donors (Lipinski definition) is 2. The number of hydrazine groups is 1. The lowest BCUT2D eigenvalue weighted by Crippen LogP contribution is -2.22. The predicted molar refractivity (Wildman–Crippen MR) is 102 cm³/mol. The van der Waals surface area contributed by atoms with Gasteiger partial charge >= 0.3 is 0 Å². The van der Waals surface area contributed by atoms with E-state index in [-0.39, 0.29) is 19.0 Å². The largest absolute Gasteiger partial charge is 0.487 e. The van der Waals surface area contributed by atoms with Crippen LogP contribution in [0.3, 0.4) is 0 Å². The van der Waals surface area contributed by atoms with Crippen molar-refractivity contribution < 1.29 is 4.74 Å². The molecule has 0 unspecified atom stereocenters. The summed E-state index contributed by atoms with van der Waals surface area (Å²) in [5.74, 6) is 5.85. The molecule has 0 aliphatic rings. The fourth-order valence-corrected chi connectivity index (χ4v) is 2.39. The molecule has 0 bridgehead atoms. The maximum absolute atomic E-state index is 6.95. The van der Waals surface area contributed by atoms with E-state index in [2.05, 4.69) is 5.10 Å². The van der Waals surface area contributed by atoms with E-state index in [1.54, 1.807) is 36.4 Å². The Balaban J connectivity index is 0.00000288. The highest BCUT2D eigenvalue weighted by atomic mass is 35.5. The first-order valence-corrected chi connectivity index (χ1v) is 7.58. The van der Waals surface area contributed by atoms with Gasteiger partial charge in [0, 0.05) is 21.2 Å². The molecule has 0 fully saturated rings. The van der Waals surface area contributed by atoms with Crippen LogP contribution < -0.4 is 10.6 Å². The van der Waals surface area contributed by atoms with E-state index in [9.17, 15) is 0 Å². The molecule has 2 aromatic carbocycles. The molecule has 5 nitrogen and oxygen atoms in total. The number of halogens is 4. The van der Waals surface area contributed by atoms with Crippen LogP contribution in [0.5, 0.6) is 5.75 Å². The fraction of sp³-hybridized carbons (Fsp3) is 0.0667. The van der Waals surface area contributed by atoms with Crippen molar-refractivity contribution in [3.63, 3.8) is 0 Å². The van der Waals surface area contributed by atoms with Crippen LogP contribution in [0.15, 0.2) is 41.5 Å². The molecule has 3 N–H and O–H groups in total. The van der Waals surface area contributed by atoms with Gasteiger partial charge in [0.05, 0.1) is 11.2 Å². The molecule has 128 valence electrons. The van der Waals surface area contributed by atoms with Gasteiger partial charge in [-0.1, -0.05) is 53.0 Å². The van der Waals surface area contributed by atoms with Gasteiger partial charge < -0.3 is 4.74 Å². The number of ether oxygens (including phenoxy) is 1. The van der Waals surface area contributed by atoms with Crippen molar-refractivity contribution in [3.05, 3.63) is 62.6 Å². The van der Waals surface area contributed by atoms with Crippen LogP contribution in [0.1, 0.15) is 11.1 Å². The first-order valence-electron chi connectivity index (χ1n) is 6.45. The molecule has 9 heteroatoms. The van der Waals surface area contributed by atoms with Crippen LogP contribution in [-0.2, 0) is 6.61 Å². The molecule has 0 radical (unpaired) electrons. The normalized spacial score (nSPS) is 10.3. The highest BCUT2D eigenvalue weighted by Gasteiger charge is 2.08. The Morgan fingerprint density at radius 2 is 1.96 bits per heavy atom. The molecule has 0 spiro atoms. The summed E-state index contributed by atoms with van der Waals surface area (Å²) in [5.41, 5.74) is 1.41. The van der Waals surface area contributed by atoms with Gasteiger partial charge in [-0.05, 0) is 18.2 Å². The molecule has 0 aliphatic carbocycles. The van der Waals surface area contributed by atoms with Gasteiger partial charge in [-0.15, -0.1) is 12.4 Å². The maximum atomic E-state index is 6.95. The van der Waals surface area contributed by atoms with E-state index < -0.39 is 0 Å². The SMILES string of the molecule is Cl.N=CN(N)N=Cc1cccc(OCc2ccc(Cl)cc2Cl)c1Cl. The number of nitrogens with two attached hydrogens (primary N) is 1. The summed E-state index contributed by atoms with van der Waals surface area (Å²) in [5, 5.41) is 13.1. The molecule has 0 atom stereocenters. The molecule has 0 aliphatic heterocycles. The summed E-state index contributed by atoms with van der Waals surface area (Å²) >= 11 is 18.2. The quantitative estimate of drug-likeness (QED) is 0.313. The standard InChI is InChI=1S/C15H13Cl3N4O.ClH/c16-12-5-4-11(13(17)6-12)8-23-14-3-1-2-10(15(14)18)7-21-22(20)9-19;/h1-7,9,19H,8,20H2;1H. The van der Waals surface area contributed by atoms with Crippen molar-refractivity contribution in [2.24, 2.45) is 10.9 Å². The van der Waals surface area contributed by atoms with Crippen LogP contribution in [0, 0.1) is 5.41 Å². The highest BCUT2D eigenvalue weighted by Crippen LogP contribution is 2.29. The molecule has 0 amide bonds. The van der Waals surface area contributed by atoms with Crippen molar-refractivity contribution in [3.8, 4) is 5.75 Å². The third-order valence-electron chi connectivity index (χ3n) is 2.85. The van der Waals surface area contributed by atoms with Crippen LogP contribution in [0.25, 0.3) is 0 Å². The topological polar surface area (TPSA) is 74.7 Å². The minimum Gasteiger partial charge on any atom is -0.487 e. The van der Waals surface area contributed by atoms with Crippen LogP contribution in [0.2, 0.25) is 15.1 Å². The lowest BCUT2D eigenvalue weighted by Gasteiger charge is -2.11. The Hall–Kier alpha value is -1.50. The molecule has 0 saturated carbocycles. The highest BCUT2D eigenvalue weighted by molar-refractivity contribution is 6.35. The lowest BCUT2D eigenvalue weighted by molar-refractivity contribution is 0.306. The van der Waals surface area contributed by atoms with Crippen LogP contribution in [-0.4, -0.2) is 17.7 Å². The average Bonchev–Trinajstić information content (AvgIpc) is 2.53. The Bertz CT molecular complexity index is 739. The van der Waals surface area contributed by atoms with E-state index in [4.69, 9.17) is 50.8 Å². The average molecular weight is 408 g/mol. The summed E-state index contributed by atoms with van der Waals surface area (Å²) in [6, 6.07) is 10.5. The van der Waals surface area contributed by atoms with Crippen LogP contribution in [0.4, 0.5) is 0 Å². The molecule has 2 rings (SSSR count). The number of rotatable bonds is 6. The summed E-state index contributed by atoms with van der Waals surface area (Å²) in [6.07, 6.45) is 2.31. The number of hydrogen-bond acceptors (Lipinski definition) is 4. The first kappa shape index (κ1) is 20.5. The summed E-state index contributed by atoms with van der Waals surface area (Å²) in [4.78, 5) is 0. The van der Waals surface area contributed by atoms with Crippen LogP contribution >= 0.6 is 47.2 Å². The Kier molecular flexibility index (Phi) is 8.31. The summed E-state index contributed by atoms with van der Waals surface area (Å²) in [7, 11) is 0. The Morgan fingerprint density at radius 3 is 2.62 bits per heavy atom. The molecule has 0 heterocycles. The van der Waals surface area contributed by atoms with E-state index in [1.165, 1.54) is 6.21 Å². The number of benzene rings is 2. The van der Waals surface area contributed by atoms with Gasteiger partial charge in [-0.25, -0.2) is 5.84 Å². The molecule has 24 heavy (non-hydrogen) atoms. The van der Waals surface area contributed by atoms with Gasteiger partial charge in [0.1, 0.15) is 18.7 Å². The van der Waals surface area contributed by atoms with Crippen molar-refractivity contribution in [2.75, 3.05) is 0 Å². The van der Waals surface area contributed by atoms with E-state index in [1.807, 2.05) is 0 Å². The number of nitrogens with one attached hydrogen (secondary N) is 1. The second-order valence-corrected chi connectivity index (χ2v) is 5.66. The number of nitrogens with zero attached hydrogens (tertiary/aromatic N) is 2. The van der Waals surface area contributed by atoms with Crippen molar-refractivity contribution in [1.82, 2.24) is 5.12 Å². The first-order chi connectivity index (χ1) is 11.0. The zero-order valence-corrected chi connectivity index (χ0v) is 15.3. The Labute approximate surface area is 160 Å². The molecular weight excluding hydrogens is 394 g/mol. The van der Waals surface area contributed by atoms with Crippen molar-refractivity contribution in [1.29, 1.82) is 5.41 Å². The van der Waals surface area contributed by atoms with Gasteiger partial charge in [-0.3, -0.25) is 5.41 Å². The minimum atomic E-state index is 0. The van der Waals surface area contributed by atoms with E-state index in [0.717, 1.165) is 17.0 Å². The molecular formula is C15H14Cl4N4O. The van der Waals surface area contributed by atoms with Crippen molar-refractivity contribution in [2.45, 2.75) is 6.61 Å². The van der Waals surface area contributed by atoms with Gasteiger partial charge in [-0.2, -0.15) is 10.2 Å². The molecule has 0 saturated heterocycles. The van der Waals surface area contributed by atoms with Gasteiger partial charge in [0.15, 0.2) is 0 Å². The fourth-order valence-electron chi connectivity index (χ4n) is 1.70. The summed E-state index contributed by atoms with van der Waals surface area (Å²) in [6.45, 7) is 0.250. The second-order valence-electron chi connectivity index (χ2n) is 4.44. The smallest absolute Gasteiger partial charge is 0.139 e. The Morgan fingerprint density at radius 1 is 1.21 bits per heavy atom. The third-order valence-corrected chi connectivity index (χ3v) is 3.85. The maximum Gasteiger partial charge on any atom is 0.139 e. The zero-order chi connectivity index (χ0) is 16.8. The van der Waals surface area contributed by atoms with E-state index in [0.29, 0.717) is 26.4 Å². The van der Waals surface area contributed by atoms with E-state index >= 15 is 0 Å². The second kappa shape index (κ2) is 9.71. The van der Waals surface area contributed by atoms with Gasteiger partial charge in [0.2, 0.25) is 0 Å². The summed E-state index contributed by atoms with van der Waals surface area (Å²) < 4.78 is 5.71. The third kappa shape index (κ3) is 5.54. The minimum absolute atomic E-state index is 0. The predicted octanol–water partition coefficient (Wildman–Crippen LogP) is 4.76. The zero-order valence-electron chi connectivity index (χ0n) is 12.2. The number of hydrazone groups is 1. The van der Waals surface area contributed by atoms with Gasteiger partial charge in [0.25, 0.3) is 0 Å². The lowest BCUT2D eigenvalue weighted by atomic mass is 10.2. The molecule has 0 aromatic heterocycles. The van der Waals surface area contributed by atoms with Crippen molar-refractivity contribution >= 4 is 59.8 Å².